The van der Waals surface area contributed by atoms with E-state index < -0.39 is 65.2 Å². The lowest BCUT2D eigenvalue weighted by molar-refractivity contribution is -0.276. The van der Waals surface area contributed by atoms with Gasteiger partial charge in [0.05, 0.1) is 18.9 Å². The molecule has 4 amide bonds. The summed E-state index contributed by atoms with van der Waals surface area (Å²) in [4.78, 5) is 65.4. The lowest BCUT2D eigenvalue weighted by Crippen LogP contribution is -2.52. The highest BCUT2D eigenvalue weighted by Gasteiger charge is 2.63. The van der Waals surface area contributed by atoms with Crippen molar-refractivity contribution in [2.45, 2.75) is 64.7 Å². The van der Waals surface area contributed by atoms with Gasteiger partial charge in [-0.1, -0.05) is 13.8 Å². The molecule has 0 radical (unpaired) electrons. The minimum Gasteiger partial charge on any atom is -0.422 e. The van der Waals surface area contributed by atoms with Gasteiger partial charge in [-0.15, -0.1) is 0 Å². The lowest BCUT2D eigenvalue weighted by Gasteiger charge is -2.34. The lowest BCUT2D eigenvalue weighted by atomic mass is 10.0. The third-order valence-corrected chi connectivity index (χ3v) is 7.21. The molecular weight excluding hydrogens is 611 g/mol. The Hall–Kier alpha value is -4.08. The van der Waals surface area contributed by atoms with E-state index in [0.29, 0.717) is 38.8 Å². The predicted octanol–water partition coefficient (Wildman–Crippen LogP) is 3.01. The third kappa shape index (κ3) is 8.35. The van der Waals surface area contributed by atoms with Crippen molar-refractivity contribution in [1.29, 1.82) is 0 Å². The molecule has 2 aliphatic rings. The average Bonchev–Trinajstić information content (AvgIpc) is 3.45. The number of rotatable bonds is 9. The van der Waals surface area contributed by atoms with Crippen LogP contribution >= 0.6 is 0 Å². The highest BCUT2D eigenvalue weighted by atomic mass is 19.4. The van der Waals surface area contributed by atoms with Crippen LogP contribution in [0.15, 0.2) is 35.7 Å². The molecule has 2 N–H and O–H groups in total. The van der Waals surface area contributed by atoms with Gasteiger partial charge in [0, 0.05) is 37.7 Å². The molecule has 0 unspecified atom stereocenters. The number of esters is 1. The summed E-state index contributed by atoms with van der Waals surface area (Å²) in [5.41, 5.74) is -0.225. The van der Waals surface area contributed by atoms with E-state index in [-0.39, 0.29) is 30.9 Å². The number of carbonyl (C=O) groups excluding carboxylic acids is 5. The van der Waals surface area contributed by atoms with Crippen LogP contribution < -0.4 is 10.6 Å². The first-order valence-electron chi connectivity index (χ1n) is 14.2. The van der Waals surface area contributed by atoms with E-state index in [1.165, 1.54) is 45.0 Å². The summed E-state index contributed by atoms with van der Waals surface area (Å²) in [6.07, 6.45) is -5.90. The van der Waals surface area contributed by atoms with Crippen LogP contribution in [0.25, 0.3) is 0 Å². The fraction of sp³-hybridized carbons (Fsp3) is 0.552. The Morgan fingerprint density at radius 3 is 2.04 bits per heavy atom. The maximum atomic E-state index is 14.6. The first kappa shape index (κ1) is 35.4. The Morgan fingerprint density at radius 1 is 0.933 bits per heavy atom. The standard InChI is InChI=1S/C29H35F5N4O7/c1-16(2)22(23(45-18(4)39)28(30,31)29(32,33)34)38-11-5-6-21(38)26(42)36-24(40)17(3)35-25(41)19-7-9-20(10-8-19)27(43)37-12-14-44-15-13-37/h7-10,16-17,21H,5-6,11-15H2,1-4H3,(H,35,41)(H,36,40,42)/b23-22+/t17-,21-/m0/s1. The third-order valence-electron chi connectivity index (χ3n) is 7.21. The molecule has 0 aliphatic carbocycles. The summed E-state index contributed by atoms with van der Waals surface area (Å²) in [7, 11) is 0. The summed E-state index contributed by atoms with van der Waals surface area (Å²) in [5.74, 6) is -12.8. The van der Waals surface area contributed by atoms with Crippen LogP contribution in [0.2, 0.25) is 0 Å². The molecule has 2 fully saturated rings. The molecule has 3 rings (SSSR count). The quantitative estimate of drug-likeness (QED) is 0.238. The van der Waals surface area contributed by atoms with Crippen molar-refractivity contribution in [3.63, 3.8) is 0 Å². The molecule has 0 aromatic heterocycles. The van der Waals surface area contributed by atoms with Crippen molar-refractivity contribution in [3.8, 4) is 0 Å². The Balaban J connectivity index is 1.71. The van der Waals surface area contributed by atoms with E-state index >= 15 is 0 Å². The molecule has 1 aromatic rings. The van der Waals surface area contributed by atoms with Crippen LogP contribution in [-0.2, 0) is 23.9 Å². The molecule has 45 heavy (non-hydrogen) atoms. The van der Waals surface area contributed by atoms with E-state index in [2.05, 4.69) is 15.4 Å². The van der Waals surface area contributed by atoms with Crippen LogP contribution in [-0.4, -0.2) is 96.4 Å². The first-order chi connectivity index (χ1) is 21.0. The van der Waals surface area contributed by atoms with Gasteiger partial charge < -0.3 is 24.6 Å². The fourth-order valence-corrected chi connectivity index (χ4v) is 4.97. The topological polar surface area (TPSA) is 134 Å². The SMILES string of the molecule is CC(=O)O/C(=C(\C(C)C)N1CCC[C@H]1C(=O)NC(=O)[C@H](C)NC(=O)c1ccc(C(=O)N2CCOCC2)cc1)C(F)(F)C(F)(F)F. The molecule has 11 nitrogen and oxygen atoms in total. The Labute approximate surface area is 256 Å². The number of benzene rings is 1. The van der Waals surface area contributed by atoms with Crippen molar-refractivity contribution < 1.29 is 55.4 Å². The number of likely N-dealkylation sites (tertiary alicyclic amines) is 1. The van der Waals surface area contributed by atoms with Crippen LogP contribution in [0.3, 0.4) is 0 Å². The zero-order chi connectivity index (χ0) is 33.7. The number of amides is 4. The second kappa shape index (κ2) is 14.3. The Bertz CT molecular complexity index is 1330. The molecule has 1 aromatic carbocycles. The number of hydrogen-bond acceptors (Lipinski definition) is 8. The fourth-order valence-electron chi connectivity index (χ4n) is 4.97. The van der Waals surface area contributed by atoms with E-state index in [4.69, 9.17) is 4.74 Å². The number of alkyl halides is 5. The van der Waals surface area contributed by atoms with Crippen LogP contribution in [0.5, 0.6) is 0 Å². The number of morpholine rings is 1. The Kier molecular flexibility index (Phi) is 11.3. The molecule has 0 spiro atoms. The summed E-state index contributed by atoms with van der Waals surface area (Å²) < 4.78 is 78.8. The molecule has 0 saturated carbocycles. The van der Waals surface area contributed by atoms with Crippen molar-refractivity contribution in [1.82, 2.24) is 20.4 Å². The molecular formula is C29H35F5N4O7. The van der Waals surface area contributed by atoms with Gasteiger partial charge in [-0.25, -0.2) is 0 Å². The zero-order valence-corrected chi connectivity index (χ0v) is 25.1. The molecule has 2 atom stereocenters. The number of halogens is 5. The highest BCUT2D eigenvalue weighted by molar-refractivity contribution is 6.03. The highest BCUT2D eigenvalue weighted by Crippen LogP contribution is 2.45. The summed E-state index contributed by atoms with van der Waals surface area (Å²) in [6, 6.07) is 3.10. The second-order valence-electron chi connectivity index (χ2n) is 10.9. The minimum atomic E-state index is -6.10. The first-order valence-corrected chi connectivity index (χ1v) is 14.2. The van der Waals surface area contributed by atoms with Gasteiger partial charge >= 0.3 is 18.1 Å². The van der Waals surface area contributed by atoms with Gasteiger partial charge in [-0.2, -0.15) is 22.0 Å². The van der Waals surface area contributed by atoms with E-state index in [9.17, 15) is 45.9 Å². The van der Waals surface area contributed by atoms with Gasteiger partial charge in [-0.05, 0) is 49.9 Å². The summed E-state index contributed by atoms with van der Waals surface area (Å²) in [5, 5.41) is 4.49. The number of nitrogens with zero attached hydrogens (tertiary/aromatic N) is 2. The van der Waals surface area contributed by atoms with Crippen LogP contribution in [0.4, 0.5) is 22.0 Å². The number of carbonyl (C=O) groups is 5. The van der Waals surface area contributed by atoms with Gasteiger partial charge in [0.15, 0.2) is 0 Å². The number of imide groups is 1. The van der Waals surface area contributed by atoms with Crippen molar-refractivity contribution in [2.24, 2.45) is 5.92 Å². The molecule has 248 valence electrons. The summed E-state index contributed by atoms with van der Waals surface area (Å²) >= 11 is 0. The van der Waals surface area contributed by atoms with Crippen molar-refractivity contribution in [3.05, 3.63) is 46.8 Å². The second-order valence-corrected chi connectivity index (χ2v) is 10.9. The van der Waals surface area contributed by atoms with Gasteiger partial charge in [0.25, 0.3) is 11.8 Å². The van der Waals surface area contributed by atoms with E-state index in [1.807, 2.05) is 0 Å². The largest absolute Gasteiger partial charge is 0.461 e. The van der Waals surface area contributed by atoms with Crippen molar-refractivity contribution in [2.75, 3.05) is 32.8 Å². The van der Waals surface area contributed by atoms with Crippen LogP contribution in [0, 0.1) is 5.92 Å². The number of hydrogen-bond donors (Lipinski definition) is 2. The van der Waals surface area contributed by atoms with E-state index in [0.717, 1.165) is 4.90 Å². The monoisotopic (exact) mass is 646 g/mol. The molecule has 0 bridgehead atoms. The minimum absolute atomic E-state index is 0.00344. The number of ether oxygens (including phenoxy) is 2. The van der Waals surface area contributed by atoms with Gasteiger partial charge in [0.1, 0.15) is 12.1 Å². The molecule has 16 heteroatoms. The maximum Gasteiger partial charge on any atom is 0.461 e. The van der Waals surface area contributed by atoms with Gasteiger partial charge in [0.2, 0.25) is 17.6 Å². The van der Waals surface area contributed by atoms with E-state index in [1.54, 1.807) is 4.90 Å². The predicted molar refractivity (Wildman–Crippen MR) is 148 cm³/mol. The molecule has 2 aliphatic heterocycles. The van der Waals surface area contributed by atoms with Crippen LogP contribution in [0.1, 0.15) is 61.3 Å². The van der Waals surface area contributed by atoms with Crippen molar-refractivity contribution >= 4 is 29.6 Å². The van der Waals surface area contributed by atoms with Gasteiger partial charge in [-0.3, -0.25) is 29.3 Å². The molecule has 2 heterocycles. The Morgan fingerprint density at radius 2 is 1.51 bits per heavy atom. The number of nitrogens with one attached hydrogen (secondary N) is 2. The smallest absolute Gasteiger partial charge is 0.422 e. The maximum absolute atomic E-state index is 14.6. The zero-order valence-electron chi connectivity index (χ0n) is 25.1. The normalized spacial score (nSPS) is 18.7. The summed E-state index contributed by atoms with van der Waals surface area (Å²) in [6.45, 7) is 6.14. The molecule has 2 saturated heterocycles. The average molecular weight is 647 g/mol. The number of allylic oxidation sites excluding steroid dienone is 2.